The lowest BCUT2D eigenvalue weighted by molar-refractivity contribution is 0.0956. The highest BCUT2D eigenvalue weighted by Crippen LogP contribution is 2.33. The first-order valence-electron chi connectivity index (χ1n) is 6.60. The van der Waals surface area contributed by atoms with Gasteiger partial charge >= 0.3 is 0 Å². The van der Waals surface area contributed by atoms with Crippen LogP contribution >= 0.6 is 11.3 Å². The van der Waals surface area contributed by atoms with E-state index in [4.69, 9.17) is 5.73 Å². The van der Waals surface area contributed by atoms with E-state index in [1.165, 1.54) is 11.3 Å². The van der Waals surface area contributed by atoms with Crippen LogP contribution in [0.3, 0.4) is 0 Å². The van der Waals surface area contributed by atoms with E-state index in [1.807, 2.05) is 6.07 Å². The molecule has 3 N–H and O–H groups in total. The van der Waals surface area contributed by atoms with E-state index >= 15 is 0 Å². The third-order valence-corrected chi connectivity index (χ3v) is 4.26. The molecule has 2 rings (SSSR count). The number of hydrogen-bond donors (Lipinski definition) is 2. The zero-order valence-corrected chi connectivity index (χ0v) is 11.8. The van der Waals surface area contributed by atoms with Crippen molar-refractivity contribution in [1.82, 2.24) is 5.32 Å². The Balaban J connectivity index is 2.11. The summed E-state index contributed by atoms with van der Waals surface area (Å²) < 4.78 is 0. The average molecular weight is 267 g/mol. The number of amides is 1. The third kappa shape index (κ3) is 2.96. The lowest BCUT2D eigenvalue weighted by Crippen LogP contribution is -2.25. The van der Waals surface area contributed by atoms with Gasteiger partial charge in [0.15, 0.2) is 0 Å². The van der Waals surface area contributed by atoms with Gasteiger partial charge in [0.25, 0.3) is 5.91 Å². The summed E-state index contributed by atoms with van der Waals surface area (Å²) in [7, 11) is 0. The molecule has 0 aromatic carbocycles. The van der Waals surface area contributed by atoms with E-state index in [0.717, 1.165) is 37.4 Å². The van der Waals surface area contributed by atoms with Crippen LogP contribution in [0.15, 0.2) is 6.07 Å². The van der Waals surface area contributed by atoms with Crippen LogP contribution in [0.25, 0.3) is 0 Å². The molecule has 1 aromatic rings. The standard InChI is InChI=1S/C13H21N3OS/c1-3-7-16(4-2)11-8-10(14)12(18-11)13(17)15-9-5-6-9/h8-9H,3-7,14H2,1-2H3,(H,15,17). The normalized spacial score (nSPS) is 14.6. The molecule has 1 fully saturated rings. The van der Waals surface area contributed by atoms with Crippen LogP contribution in [-0.4, -0.2) is 25.0 Å². The Morgan fingerprint density at radius 3 is 2.83 bits per heavy atom. The molecule has 1 aliphatic rings. The Hall–Kier alpha value is -1.23. The molecule has 1 heterocycles. The number of hydrogen-bond acceptors (Lipinski definition) is 4. The summed E-state index contributed by atoms with van der Waals surface area (Å²) in [6, 6.07) is 2.30. The topological polar surface area (TPSA) is 58.4 Å². The van der Waals surface area contributed by atoms with E-state index < -0.39 is 0 Å². The van der Waals surface area contributed by atoms with Crippen LogP contribution in [0.1, 0.15) is 42.8 Å². The molecule has 1 aliphatic carbocycles. The number of carbonyl (C=O) groups excluding carboxylic acids is 1. The minimum Gasteiger partial charge on any atom is -0.397 e. The minimum absolute atomic E-state index is 0.0150. The van der Waals surface area contributed by atoms with Crippen molar-refractivity contribution in [2.75, 3.05) is 23.7 Å². The van der Waals surface area contributed by atoms with Crippen molar-refractivity contribution < 1.29 is 4.79 Å². The second-order valence-corrected chi connectivity index (χ2v) is 5.73. The summed E-state index contributed by atoms with van der Waals surface area (Å²) in [5.74, 6) is -0.0150. The van der Waals surface area contributed by atoms with Crippen LogP contribution in [0, 0.1) is 0 Å². The predicted octanol–water partition coefficient (Wildman–Crippen LogP) is 2.46. The zero-order chi connectivity index (χ0) is 13.1. The van der Waals surface area contributed by atoms with Crippen molar-refractivity contribution in [1.29, 1.82) is 0 Å². The summed E-state index contributed by atoms with van der Waals surface area (Å²) >= 11 is 1.50. The maximum absolute atomic E-state index is 12.0. The van der Waals surface area contributed by atoms with Gasteiger partial charge in [0.2, 0.25) is 0 Å². The molecule has 4 nitrogen and oxygen atoms in total. The molecule has 18 heavy (non-hydrogen) atoms. The van der Waals surface area contributed by atoms with E-state index in [-0.39, 0.29) is 5.91 Å². The number of anilines is 2. The van der Waals surface area contributed by atoms with E-state index in [1.54, 1.807) is 0 Å². The van der Waals surface area contributed by atoms with Crippen LogP contribution < -0.4 is 16.0 Å². The Labute approximate surface area is 112 Å². The Kier molecular flexibility index (Phi) is 4.11. The van der Waals surface area contributed by atoms with Crippen molar-refractivity contribution in [2.45, 2.75) is 39.2 Å². The second kappa shape index (κ2) is 5.61. The first kappa shape index (κ1) is 13.2. The van der Waals surface area contributed by atoms with Crippen molar-refractivity contribution >= 4 is 27.9 Å². The zero-order valence-electron chi connectivity index (χ0n) is 11.0. The lowest BCUT2D eigenvalue weighted by Gasteiger charge is -2.19. The van der Waals surface area contributed by atoms with Crippen LogP contribution in [0.5, 0.6) is 0 Å². The van der Waals surface area contributed by atoms with Gasteiger partial charge in [0.1, 0.15) is 4.88 Å². The molecule has 0 saturated heterocycles. The van der Waals surface area contributed by atoms with E-state index in [0.29, 0.717) is 16.6 Å². The highest BCUT2D eigenvalue weighted by molar-refractivity contribution is 7.18. The molecule has 5 heteroatoms. The van der Waals surface area contributed by atoms with Crippen LogP contribution in [0.4, 0.5) is 10.7 Å². The van der Waals surface area contributed by atoms with Gasteiger partial charge in [-0.15, -0.1) is 11.3 Å². The first-order chi connectivity index (χ1) is 8.65. The molecule has 0 unspecified atom stereocenters. The number of nitrogen functional groups attached to an aromatic ring is 1. The fourth-order valence-electron chi connectivity index (χ4n) is 1.90. The summed E-state index contributed by atoms with van der Waals surface area (Å²) in [6.07, 6.45) is 3.29. The second-order valence-electron chi connectivity index (χ2n) is 4.70. The fraction of sp³-hybridized carbons (Fsp3) is 0.615. The van der Waals surface area contributed by atoms with Gasteiger partial charge in [-0.25, -0.2) is 0 Å². The lowest BCUT2D eigenvalue weighted by atomic mass is 10.3. The van der Waals surface area contributed by atoms with Gasteiger partial charge in [-0.3, -0.25) is 4.79 Å². The van der Waals surface area contributed by atoms with E-state index in [2.05, 4.69) is 24.1 Å². The molecule has 100 valence electrons. The van der Waals surface area contributed by atoms with E-state index in [9.17, 15) is 4.79 Å². The Bertz CT molecular complexity index is 426. The Morgan fingerprint density at radius 2 is 2.28 bits per heavy atom. The molecule has 0 atom stereocenters. The fourth-order valence-corrected chi connectivity index (χ4v) is 2.97. The molecule has 0 bridgehead atoms. The number of nitrogens with two attached hydrogens (primary N) is 1. The summed E-state index contributed by atoms with van der Waals surface area (Å²) in [4.78, 5) is 14.9. The molecule has 0 radical (unpaired) electrons. The number of carbonyl (C=O) groups is 1. The number of nitrogens with zero attached hydrogens (tertiary/aromatic N) is 1. The number of thiophene rings is 1. The third-order valence-electron chi connectivity index (χ3n) is 3.05. The van der Waals surface area contributed by atoms with Gasteiger partial charge < -0.3 is 16.0 Å². The minimum atomic E-state index is -0.0150. The van der Waals surface area contributed by atoms with Crippen LogP contribution in [0.2, 0.25) is 0 Å². The molecule has 1 amide bonds. The highest BCUT2D eigenvalue weighted by Gasteiger charge is 2.26. The van der Waals surface area contributed by atoms with Crippen molar-refractivity contribution in [3.8, 4) is 0 Å². The summed E-state index contributed by atoms with van der Waals surface area (Å²) in [5, 5.41) is 4.08. The monoisotopic (exact) mass is 267 g/mol. The maximum Gasteiger partial charge on any atom is 0.263 e. The van der Waals surface area contributed by atoms with Crippen molar-refractivity contribution in [3.05, 3.63) is 10.9 Å². The predicted molar refractivity (Wildman–Crippen MR) is 77.4 cm³/mol. The molecule has 1 saturated carbocycles. The highest BCUT2D eigenvalue weighted by atomic mass is 32.1. The Morgan fingerprint density at radius 1 is 1.56 bits per heavy atom. The quantitative estimate of drug-likeness (QED) is 0.832. The summed E-state index contributed by atoms with van der Waals surface area (Å²) in [6.45, 7) is 6.22. The molecule has 0 aliphatic heterocycles. The van der Waals surface area contributed by atoms with Crippen LogP contribution in [-0.2, 0) is 0 Å². The smallest absolute Gasteiger partial charge is 0.263 e. The number of nitrogens with one attached hydrogen (secondary N) is 1. The number of rotatable bonds is 6. The molecular formula is C13H21N3OS. The summed E-state index contributed by atoms with van der Waals surface area (Å²) in [5.41, 5.74) is 6.55. The maximum atomic E-state index is 12.0. The largest absolute Gasteiger partial charge is 0.397 e. The van der Waals surface area contributed by atoms with Crippen molar-refractivity contribution in [3.63, 3.8) is 0 Å². The molecule has 0 spiro atoms. The van der Waals surface area contributed by atoms with Gasteiger partial charge in [-0.05, 0) is 32.3 Å². The average Bonchev–Trinajstić information content (AvgIpc) is 3.07. The van der Waals surface area contributed by atoms with Crippen molar-refractivity contribution in [2.24, 2.45) is 0 Å². The molecule has 1 aromatic heterocycles. The molecular weight excluding hydrogens is 246 g/mol. The SMILES string of the molecule is CCCN(CC)c1cc(N)c(C(=O)NC2CC2)s1. The van der Waals surface area contributed by atoms with Gasteiger partial charge in [-0.1, -0.05) is 6.92 Å². The van der Waals surface area contributed by atoms with Gasteiger partial charge in [-0.2, -0.15) is 0 Å². The van der Waals surface area contributed by atoms with Gasteiger partial charge in [0.05, 0.1) is 10.7 Å². The van der Waals surface area contributed by atoms with Gasteiger partial charge in [0, 0.05) is 19.1 Å². The first-order valence-corrected chi connectivity index (χ1v) is 7.42.